The maximum absolute atomic E-state index is 12.0. The number of hydrogen-bond donors (Lipinski definition) is 2. The number of hydrogen-bond acceptors (Lipinski definition) is 4. The predicted molar refractivity (Wildman–Crippen MR) is 79.7 cm³/mol. The van der Waals surface area contributed by atoms with Crippen molar-refractivity contribution in [1.29, 1.82) is 0 Å². The number of amides is 1. The first-order valence-electron chi connectivity index (χ1n) is 6.95. The van der Waals surface area contributed by atoms with Crippen molar-refractivity contribution in [2.45, 2.75) is 39.8 Å². The molecular formula is C15H20N2O5. The molecule has 7 heteroatoms. The zero-order valence-electron chi connectivity index (χ0n) is 12.8. The average molecular weight is 308 g/mol. The lowest BCUT2D eigenvalue weighted by atomic mass is 10.0. The molecule has 1 aromatic rings. The second kappa shape index (κ2) is 7.53. The zero-order valence-corrected chi connectivity index (χ0v) is 12.8. The van der Waals surface area contributed by atoms with Crippen LogP contribution in [0.2, 0.25) is 0 Å². The molecule has 120 valence electrons. The Bertz CT molecular complexity index is 633. The second-order valence-corrected chi connectivity index (χ2v) is 5.50. The molecule has 0 aliphatic carbocycles. The van der Waals surface area contributed by atoms with Gasteiger partial charge in [0.15, 0.2) is 5.78 Å². The van der Waals surface area contributed by atoms with E-state index in [1.165, 1.54) is 25.3 Å². The van der Waals surface area contributed by atoms with Crippen LogP contribution in [0.25, 0.3) is 0 Å². The minimum absolute atomic E-state index is 0.00716. The van der Waals surface area contributed by atoms with Crippen molar-refractivity contribution < 1.29 is 19.5 Å². The van der Waals surface area contributed by atoms with Crippen LogP contribution < -0.4 is 10.9 Å². The molecule has 1 aromatic heterocycles. The first-order chi connectivity index (χ1) is 10.2. The third kappa shape index (κ3) is 4.83. The smallest absolute Gasteiger partial charge is 0.326 e. The van der Waals surface area contributed by atoms with E-state index in [1.54, 1.807) is 0 Å². The van der Waals surface area contributed by atoms with Crippen molar-refractivity contribution in [1.82, 2.24) is 9.88 Å². The second-order valence-electron chi connectivity index (χ2n) is 5.50. The van der Waals surface area contributed by atoms with Gasteiger partial charge in [-0.25, -0.2) is 4.79 Å². The number of carboxylic acids is 1. The number of carbonyl (C=O) groups excluding carboxylic acids is 2. The fourth-order valence-electron chi connectivity index (χ4n) is 2.02. The topological polar surface area (TPSA) is 105 Å². The van der Waals surface area contributed by atoms with Gasteiger partial charge in [0.05, 0.1) is 5.56 Å². The van der Waals surface area contributed by atoms with Gasteiger partial charge in [-0.1, -0.05) is 13.8 Å². The van der Waals surface area contributed by atoms with Crippen LogP contribution in [0.4, 0.5) is 0 Å². The van der Waals surface area contributed by atoms with Crippen molar-refractivity contribution in [3.8, 4) is 0 Å². The lowest BCUT2D eigenvalue weighted by molar-refractivity contribution is -0.142. The number of rotatable bonds is 7. The van der Waals surface area contributed by atoms with Crippen molar-refractivity contribution in [3.05, 3.63) is 34.2 Å². The molecule has 1 amide bonds. The number of pyridine rings is 1. The summed E-state index contributed by atoms with van der Waals surface area (Å²) in [6.07, 6.45) is 1.68. The van der Waals surface area contributed by atoms with Crippen LogP contribution in [0.1, 0.15) is 37.6 Å². The van der Waals surface area contributed by atoms with Crippen LogP contribution in [0.15, 0.2) is 23.1 Å². The van der Waals surface area contributed by atoms with E-state index in [9.17, 15) is 19.2 Å². The lowest BCUT2D eigenvalue weighted by Gasteiger charge is -2.17. The predicted octanol–water partition coefficient (Wildman–Crippen LogP) is 0.666. The highest BCUT2D eigenvalue weighted by atomic mass is 16.4. The summed E-state index contributed by atoms with van der Waals surface area (Å²) in [4.78, 5) is 46.3. The highest BCUT2D eigenvalue weighted by molar-refractivity contribution is 5.93. The molecule has 0 radical (unpaired) electrons. The van der Waals surface area contributed by atoms with Crippen LogP contribution in [0.3, 0.4) is 0 Å². The van der Waals surface area contributed by atoms with Gasteiger partial charge in [-0.3, -0.25) is 14.4 Å². The Balaban J connectivity index is 2.85. The summed E-state index contributed by atoms with van der Waals surface area (Å²) in [5, 5.41) is 11.5. The monoisotopic (exact) mass is 308 g/mol. The summed E-state index contributed by atoms with van der Waals surface area (Å²) in [6.45, 7) is 4.64. The third-order valence-electron chi connectivity index (χ3n) is 3.05. The quantitative estimate of drug-likeness (QED) is 0.720. The highest BCUT2D eigenvalue weighted by Crippen LogP contribution is 2.05. The SMILES string of the molecule is CC(=O)c1cccn(CC(=O)NC(CC(C)C)C(=O)O)c1=O. The number of ketones is 1. The first kappa shape index (κ1) is 17.6. The molecule has 1 unspecified atom stereocenters. The lowest BCUT2D eigenvalue weighted by Crippen LogP contribution is -2.44. The maximum atomic E-state index is 12.0. The normalized spacial score (nSPS) is 12.0. The van der Waals surface area contributed by atoms with Crippen LogP contribution >= 0.6 is 0 Å². The van der Waals surface area contributed by atoms with E-state index in [2.05, 4.69) is 5.32 Å². The minimum Gasteiger partial charge on any atom is -0.480 e. The Morgan fingerprint density at radius 3 is 2.45 bits per heavy atom. The molecule has 0 bridgehead atoms. The summed E-state index contributed by atoms with van der Waals surface area (Å²) >= 11 is 0. The summed E-state index contributed by atoms with van der Waals surface area (Å²) in [7, 11) is 0. The van der Waals surface area contributed by atoms with Crippen LogP contribution in [-0.2, 0) is 16.1 Å². The van der Waals surface area contributed by atoms with Gasteiger partial charge in [-0.05, 0) is 31.4 Å². The van der Waals surface area contributed by atoms with Gasteiger partial charge >= 0.3 is 5.97 Å². The molecule has 7 nitrogen and oxygen atoms in total. The Labute approximate surface area is 128 Å². The number of nitrogens with one attached hydrogen (secondary N) is 1. The first-order valence-corrected chi connectivity index (χ1v) is 6.95. The van der Waals surface area contributed by atoms with Gasteiger partial charge in [0.2, 0.25) is 5.91 Å². The standard InChI is InChI=1S/C15H20N2O5/c1-9(2)7-12(15(21)22)16-13(19)8-17-6-4-5-11(10(3)18)14(17)20/h4-6,9,12H,7-8H2,1-3H3,(H,16,19)(H,21,22). The van der Waals surface area contributed by atoms with E-state index in [-0.39, 0.29) is 23.8 Å². The number of aromatic nitrogens is 1. The summed E-state index contributed by atoms with van der Waals surface area (Å²) < 4.78 is 1.08. The van der Waals surface area contributed by atoms with Gasteiger partial charge in [-0.2, -0.15) is 0 Å². The van der Waals surface area contributed by atoms with E-state index >= 15 is 0 Å². The average Bonchev–Trinajstić information content (AvgIpc) is 2.39. The highest BCUT2D eigenvalue weighted by Gasteiger charge is 2.21. The van der Waals surface area contributed by atoms with Gasteiger partial charge in [-0.15, -0.1) is 0 Å². The number of carbonyl (C=O) groups is 3. The third-order valence-corrected chi connectivity index (χ3v) is 3.05. The molecule has 0 saturated heterocycles. The molecule has 0 fully saturated rings. The van der Waals surface area contributed by atoms with Crippen LogP contribution in [0.5, 0.6) is 0 Å². The molecule has 1 heterocycles. The van der Waals surface area contributed by atoms with E-state index in [0.29, 0.717) is 6.42 Å². The molecule has 0 saturated carbocycles. The number of Topliss-reactive ketones (excluding diaryl/α,β-unsaturated/α-hetero) is 1. The van der Waals surface area contributed by atoms with Gasteiger partial charge < -0.3 is 15.0 Å². The molecule has 0 spiro atoms. The van der Waals surface area contributed by atoms with Crippen molar-refractivity contribution >= 4 is 17.7 Å². The zero-order chi connectivity index (χ0) is 16.9. The van der Waals surface area contributed by atoms with E-state index in [1.807, 2.05) is 13.8 Å². The molecule has 0 aromatic carbocycles. The molecule has 0 aliphatic heterocycles. The van der Waals surface area contributed by atoms with Gasteiger partial charge in [0.1, 0.15) is 12.6 Å². The Kier molecular flexibility index (Phi) is 6.03. The number of carboxylic acid groups (broad SMARTS) is 1. The van der Waals surface area contributed by atoms with Crippen LogP contribution in [0, 0.1) is 5.92 Å². The minimum atomic E-state index is -1.12. The molecule has 0 aliphatic rings. The van der Waals surface area contributed by atoms with E-state index < -0.39 is 23.5 Å². The van der Waals surface area contributed by atoms with Crippen molar-refractivity contribution in [2.24, 2.45) is 5.92 Å². The molecule has 1 atom stereocenters. The van der Waals surface area contributed by atoms with Crippen molar-refractivity contribution in [2.75, 3.05) is 0 Å². The van der Waals surface area contributed by atoms with Crippen LogP contribution in [-0.4, -0.2) is 33.4 Å². The molecule has 2 N–H and O–H groups in total. The summed E-state index contributed by atoms with van der Waals surface area (Å²) in [6, 6.07) is 1.88. The van der Waals surface area contributed by atoms with Gasteiger partial charge in [0, 0.05) is 6.20 Å². The van der Waals surface area contributed by atoms with Crippen molar-refractivity contribution in [3.63, 3.8) is 0 Å². The molecule has 1 rings (SSSR count). The Morgan fingerprint density at radius 2 is 1.95 bits per heavy atom. The number of nitrogens with zero attached hydrogens (tertiary/aromatic N) is 1. The van der Waals surface area contributed by atoms with E-state index in [0.717, 1.165) is 4.57 Å². The summed E-state index contributed by atoms with van der Waals surface area (Å²) in [5.74, 6) is -1.99. The summed E-state index contributed by atoms with van der Waals surface area (Å²) in [5.41, 5.74) is -0.576. The Hall–Kier alpha value is -2.44. The van der Waals surface area contributed by atoms with E-state index in [4.69, 9.17) is 5.11 Å². The largest absolute Gasteiger partial charge is 0.480 e. The maximum Gasteiger partial charge on any atom is 0.326 e. The Morgan fingerprint density at radius 1 is 1.32 bits per heavy atom. The number of aliphatic carboxylic acids is 1. The van der Waals surface area contributed by atoms with Gasteiger partial charge in [0.25, 0.3) is 5.56 Å². The molecular weight excluding hydrogens is 288 g/mol. The fourth-order valence-corrected chi connectivity index (χ4v) is 2.02. The molecule has 22 heavy (non-hydrogen) atoms. The fraction of sp³-hybridized carbons (Fsp3) is 0.467.